The van der Waals surface area contributed by atoms with Crippen LogP contribution < -0.4 is 9.80 Å². The van der Waals surface area contributed by atoms with Gasteiger partial charge in [-0.3, -0.25) is 9.79 Å². The minimum absolute atomic E-state index is 0.372. The Morgan fingerprint density at radius 1 is 1.26 bits per heavy atom. The van der Waals surface area contributed by atoms with Crippen molar-refractivity contribution in [3.63, 3.8) is 0 Å². The zero-order valence-electron chi connectivity index (χ0n) is 17.4. The van der Waals surface area contributed by atoms with E-state index < -0.39 is 17.3 Å². The van der Waals surface area contributed by atoms with E-state index in [2.05, 4.69) is 9.98 Å². The lowest BCUT2D eigenvalue weighted by Crippen LogP contribution is -2.30. The van der Waals surface area contributed by atoms with Gasteiger partial charge in [0.1, 0.15) is 18.2 Å². The van der Waals surface area contributed by atoms with Crippen molar-refractivity contribution in [3.8, 4) is 5.75 Å². The number of fused-ring (bicyclic) bond motifs is 1. The van der Waals surface area contributed by atoms with Crippen molar-refractivity contribution >= 4 is 29.1 Å². The first-order valence-electron chi connectivity index (χ1n) is 9.82. The molecule has 31 heavy (non-hydrogen) atoms. The fraction of sp³-hybridized carbons (Fsp3) is 0.261. The van der Waals surface area contributed by atoms with Gasteiger partial charge >= 0.3 is 5.97 Å². The zero-order valence-corrected chi connectivity index (χ0v) is 18.2. The Balaban J connectivity index is 1.69. The number of anilines is 1. The predicted octanol–water partition coefficient (Wildman–Crippen LogP) is 4.40. The maximum Gasteiger partial charge on any atom is 0.319 e. The van der Waals surface area contributed by atoms with Gasteiger partial charge in [-0.25, -0.2) is 4.98 Å². The van der Waals surface area contributed by atoms with Crippen LogP contribution in [0.1, 0.15) is 19.4 Å². The van der Waals surface area contributed by atoms with Crippen molar-refractivity contribution < 1.29 is 19.1 Å². The Morgan fingerprint density at radius 3 is 2.74 bits per heavy atom. The number of esters is 1. The molecule has 2 unspecified atom stereocenters. The van der Waals surface area contributed by atoms with Crippen molar-refractivity contribution in [2.24, 2.45) is 10.9 Å². The number of pyridine rings is 1. The van der Waals surface area contributed by atoms with Crippen LogP contribution >= 0.6 is 11.6 Å². The monoisotopic (exact) mass is 439 g/mol. The molecule has 0 saturated heterocycles. The molecule has 3 heterocycles. The maximum absolute atomic E-state index is 12.4. The number of rotatable bonds is 6. The van der Waals surface area contributed by atoms with Crippen molar-refractivity contribution in [2.45, 2.75) is 25.8 Å². The number of nitrogens with zero attached hydrogens (tertiary/aromatic N) is 3. The van der Waals surface area contributed by atoms with E-state index in [0.29, 0.717) is 40.9 Å². The number of carbonyl (C=O) groups excluding carboxylic acids is 1. The molecule has 8 heteroatoms. The summed E-state index contributed by atoms with van der Waals surface area (Å²) >= 11 is 6.39. The largest absolute Gasteiger partial charge is 0.485 e. The van der Waals surface area contributed by atoms with Gasteiger partial charge in [0.05, 0.1) is 18.7 Å². The van der Waals surface area contributed by atoms with Crippen molar-refractivity contribution in [3.05, 3.63) is 77.5 Å². The molecule has 4 rings (SSSR count). The van der Waals surface area contributed by atoms with Gasteiger partial charge in [0.25, 0.3) is 0 Å². The van der Waals surface area contributed by atoms with Gasteiger partial charge < -0.3 is 14.3 Å². The third kappa shape index (κ3) is 4.14. The number of halogens is 1. The van der Waals surface area contributed by atoms with Gasteiger partial charge in [-0.05, 0) is 31.5 Å². The van der Waals surface area contributed by atoms with Crippen LogP contribution in [0.4, 0.5) is 5.82 Å². The SMILES string of the molecule is COC(=O)C1C2=CN(c3ncccc3OCc3ccccc3)OC(C(C)Cl)=C2N=C1C. The second-order valence-corrected chi connectivity index (χ2v) is 7.79. The van der Waals surface area contributed by atoms with Crippen molar-refractivity contribution in [1.82, 2.24) is 4.98 Å². The quantitative estimate of drug-likeness (QED) is 0.490. The summed E-state index contributed by atoms with van der Waals surface area (Å²) in [4.78, 5) is 27.5. The number of hydrogen-bond acceptors (Lipinski definition) is 7. The third-order valence-corrected chi connectivity index (χ3v) is 5.17. The smallest absolute Gasteiger partial charge is 0.319 e. The number of aromatic nitrogens is 1. The Morgan fingerprint density at radius 2 is 2.03 bits per heavy atom. The summed E-state index contributed by atoms with van der Waals surface area (Å²) in [6.45, 7) is 3.94. The van der Waals surface area contributed by atoms with Crippen molar-refractivity contribution in [1.29, 1.82) is 0 Å². The van der Waals surface area contributed by atoms with Gasteiger partial charge in [0, 0.05) is 17.5 Å². The van der Waals surface area contributed by atoms with Crippen LogP contribution in [-0.4, -0.2) is 29.2 Å². The Labute approximate surface area is 185 Å². The van der Waals surface area contributed by atoms with E-state index in [1.54, 1.807) is 32.3 Å². The number of carbonyl (C=O) groups is 1. The van der Waals surface area contributed by atoms with E-state index in [0.717, 1.165) is 5.56 Å². The van der Waals surface area contributed by atoms with Crippen LogP contribution in [0.3, 0.4) is 0 Å². The molecule has 0 radical (unpaired) electrons. The molecule has 0 saturated carbocycles. The summed E-state index contributed by atoms with van der Waals surface area (Å²) in [7, 11) is 1.36. The number of alkyl halides is 1. The summed E-state index contributed by atoms with van der Waals surface area (Å²) < 4.78 is 11.0. The van der Waals surface area contributed by atoms with Crippen LogP contribution in [0.15, 0.2) is 76.9 Å². The molecule has 0 bridgehead atoms. The topological polar surface area (TPSA) is 73.2 Å². The highest BCUT2D eigenvalue weighted by Gasteiger charge is 2.41. The fourth-order valence-electron chi connectivity index (χ4n) is 3.48. The summed E-state index contributed by atoms with van der Waals surface area (Å²) in [6, 6.07) is 13.4. The highest BCUT2D eigenvalue weighted by molar-refractivity contribution is 6.22. The molecule has 1 aromatic carbocycles. The van der Waals surface area contributed by atoms with E-state index >= 15 is 0 Å². The molecular formula is C23H22ClN3O4. The summed E-state index contributed by atoms with van der Waals surface area (Å²) in [5, 5.41) is 0.990. The predicted molar refractivity (Wildman–Crippen MR) is 118 cm³/mol. The lowest BCUT2D eigenvalue weighted by Gasteiger charge is -2.29. The molecule has 0 aliphatic carbocycles. The Kier molecular flexibility index (Phi) is 5.95. The van der Waals surface area contributed by atoms with Crippen LogP contribution in [0.25, 0.3) is 0 Å². The number of benzene rings is 1. The second-order valence-electron chi connectivity index (χ2n) is 7.14. The number of methoxy groups -OCH3 is 1. The molecule has 7 nitrogen and oxygen atoms in total. The highest BCUT2D eigenvalue weighted by Crippen LogP contribution is 2.41. The minimum Gasteiger partial charge on any atom is -0.485 e. The molecule has 1 aromatic heterocycles. The van der Waals surface area contributed by atoms with Gasteiger partial charge in [0.2, 0.25) is 5.82 Å². The lowest BCUT2D eigenvalue weighted by molar-refractivity contribution is -0.141. The van der Waals surface area contributed by atoms with E-state index in [4.69, 9.17) is 25.9 Å². The fourth-order valence-corrected chi connectivity index (χ4v) is 3.62. The Bertz CT molecular complexity index is 1080. The lowest BCUT2D eigenvalue weighted by atomic mass is 9.95. The normalized spacial score (nSPS) is 18.6. The minimum atomic E-state index is -0.630. The summed E-state index contributed by atoms with van der Waals surface area (Å²) in [5.41, 5.74) is 2.85. The third-order valence-electron chi connectivity index (χ3n) is 4.97. The van der Waals surface area contributed by atoms with E-state index in [-0.39, 0.29) is 0 Å². The van der Waals surface area contributed by atoms with Crippen molar-refractivity contribution in [2.75, 3.05) is 12.2 Å². The number of allylic oxidation sites excluding steroid dienone is 2. The summed E-state index contributed by atoms with van der Waals surface area (Å²) in [6.07, 6.45) is 3.33. The van der Waals surface area contributed by atoms with Gasteiger partial charge in [-0.2, -0.15) is 5.06 Å². The number of hydrogen-bond donors (Lipinski definition) is 0. The molecule has 0 fully saturated rings. The average Bonchev–Trinajstić information content (AvgIpc) is 3.12. The first kappa shape index (κ1) is 20.9. The van der Waals surface area contributed by atoms with Crippen LogP contribution in [0, 0.1) is 5.92 Å². The molecule has 2 aromatic rings. The molecule has 2 aliphatic rings. The maximum atomic E-state index is 12.4. The average molecular weight is 440 g/mol. The molecular weight excluding hydrogens is 418 g/mol. The van der Waals surface area contributed by atoms with E-state index in [1.165, 1.54) is 12.2 Å². The number of ether oxygens (including phenoxy) is 2. The van der Waals surface area contributed by atoms with Crippen LogP contribution in [0.5, 0.6) is 5.75 Å². The number of aliphatic imine (C=N–C) groups is 1. The first-order chi connectivity index (χ1) is 15.0. The van der Waals surface area contributed by atoms with Gasteiger partial charge in [0.15, 0.2) is 11.5 Å². The zero-order chi connectivity index (χ0) is 22.0. The highest BCUT2D eigenvalue weighted by atomic mass is 35.5. The molecule has 0 spiro atoms. The van der Waals surface area contributed by atoms with Crippen LogP contribution in [-0.2, 0) is 21.0 Å². The first-order valence-corrected chi connectivity index (χ1v) is 10.3. The molecule has 0 amide bonds. The van der Waals surface area contributed by atoms with E-state index in [9.17, 15) is 4.79 Å². The summed E-state index contributed by atoms with van der Waals surface area (Å²) in [5.74, 6) is 0.373. The molecule has 2 atom stereocenters. The van der Waals surface area contributed by atoms with Crippen LogP contribution in [0.2, 0.25) is 0 Å². The van der Waals surface area contributed by atoms with E-state index in [1.807, 2.05) is 36.4 Å². The molecule has 160 valence electrons. The molecule has 0 N–H and O–H groups in total. The van der Waals surface area contributed by atoms with Gasteiger partial charge in [-0.1, -0.05) is 30.3 Å². The standard InChI is InChI=1S/C23H22ClN3O4/c1-14(24)21-20-17(19(15(2)26-20)23(28)29-3)12-27(31-21)22-18(10-7-11-25-22)30-13-16-8-5-4-6-9-16/h4-12,14,19H,13H2,1-3H3. The Hall–Kier alpha value is -3.32. The number of hydroxylamine groups is 1. The van der Waals surface area contributed by atoms with Gasteiger partial charge in [-0.15, -0.1) is 11.6 Å². The molecule has 2 aliphatic heterocycles. The second kappa shape index (κ2) is 8.81.